The fourth-order valence-corrected chi connectivity index (χ4v) is 4.41. The molecule has 9 nitrogen and oxygen atoms in total. The number of hydrogen-bond donors (Lipinski definition) is 1. The lowest BCUT2D eigenvalue weighted by Gasteiger charge is -2.34. The van der Waals surface area contributed by atoms with Crippen molar-refractivity contribution < 1.29 is 4.79 Å². The smallest absolute Gasteiger partial charge is 0.230 e. The van der Waals surface area contributed by atoms with Gasteiger partial charge in [-0.3, -0.25) is 14.3 Å². The van der Waals surface area contributed by atoms with Crippen molar-refractivity contribution >= 4 is 35.2 Å². The molecule has 0 saturated carbocycles. The third-order valence-electron chi connectivity index (χ3n) is 5.12. The fraction of sp³-hybridized carbons (Fsp3) is 0.381. The van der Waals surface area contributed by atoms with Gasteiger partial charge in [0.05, 0.1) is 11.4 Å². The van der Waals surface area contributed by atoms with Gasteiger partial charge in [0.25, 0.3) is 0 Å². The lowest BCUT2D eigenvalue weighted by molar-refractivity contribution is -0.118. The van der Waals surface area contributed by atoms with Crippen LogP contribution in [0.4, 0.5) is 5.95 Å². The summed E-state index contributed by atoms with van der Waals surface area (Å²) >= 11 is 7.42. The van der Waals surface area contributed by atoms with Crippen molar-refractivity contribution in [3.63, 3.8) is 0 Å². The molecule has 1 fully saturated rings. The van der Waals surface area contributed by atoms with Gasteiger partial charge in [-0.05, 0) is 37.2 Å². The molecule has 0 radical (unpaired) electrons. The molecule has 11 heteroatoms. The van der Waals surface area contributed by atoms with E-state index in [1.807, 2.05) is 34.9 Å². The average Bonchev–Trinajstić information content (AvgIpc) is 3.30. The number of carbonyl (C=O) groups excluding carboxylic acids is 1. The predicted octanol–water partition coefficient (Wildman–Crippen LogP) is 2.13. The number of nitrogens with one attached hydrogen (secondary N) is 1. The fourth-order valence-electron chi connectivity index (χ4n) is 3.46. The minimum absolute atomic E-state index is 0.0123. The normalized spacial score (nSPS) is 14.5. The minimum atomic E-state index is -0.0123. The zero-order chi connectivity index (χ0) is 22.2. The van der Waals surface area contributed by atoms with Crippen molar-refractivity contribution in [2.45, 2.75) is 11.6 Å². The third kappa shape index (κ3) is 6.18. The Balaban J connectivity index is 1.13. The highest BCUT2D eigenvalue weighted by molar-refractivity contribution is 7.99. The van der Waals surface area contributed by atoms with Crippen LogP contribution >= 0.6 is 23.4 Å². The molecule has 0 atom stereocenters. The first-order valence-corrected chi connectivity index (χ1v) is 11.9. The molecule has 1 N–H and O–H groups in total. The summed E-state index contributed by atoms with van der Waals surface area (Å²) in [5, 5.41) is 12.4. The van der Waals surface area contributed by atoms with Crippen molar-refractivity contribution in [2.24, 2.45) is 0 Å². The van der Waals surface area contributed by atoms with Gasteiger partial charge in [0.2, 0.25) is 11.9 Å². The third-order valence-corrected chi connectivity index (χ3v) is 6.29. The number of halogens is 1. The average molecular weight is 473 g/mol. The van der Waals surface area contributed by atoms with Crippen molar-refractivity contribution in [3.8, 4) is 5.69 Å². The lowest BCUT2D eigenvalue weighted by Crippen LogP contribution is -2.47. The SMILES string of the molecule is O=C(CSc1nncn1-c1cccc(Cl)c1)NCCCN1CCN(c2ncccn2)CC1. The van der Waals surface area contributed by atoms with Crippen LogP contribution in [0.1, 0.15) is 6.42 Å². The van der Waals surface area contributed by atoms with Gasteiger partial charge in [0, 0.05) is 50.1 Å². The van der Waals surface area contributed by atoms with Gasteiger partial charge in [0.15, 0.2) is 5.16 Å². The number of carbonyl (C=O) groups is 1. The Labute approximate surface area is 196 Å². The van der Waals surface area contributed by atoms with Crippen LogP contribution < -0.4 is 10.2 Å². The number of amides is 1. The number of piperazine rings is 1. The summed E-state index contributed by atoms with van der Waals surface area (Å²) in [6, 6.07) is 9.27. The Kier molecular flexibility index (Phi) is 7.92. The summed E-state index contributed by atoms with van der Waals surface area (Å²) in [5.74, 6) is 1.07. The summed E-state index contributed by atoms with van der Waals surface area (Å²) in [5.41, 5.74) is 0.865. The van der Waals surface area contributed by atoms with Gasteiger partial charge in [0.1, 0.15) is 6.33 Å². The number of rotatable bonds is 9. The maximum atomic E-state index is 12.2. The number of anilines is 1. The van der Waals surface area contributed by atoms with E-state index in [2.05, 4.69) is 35.3 Å². The monoisotopic (exact) mass is 472 g/mol. The van der Waals surface area contributed by atoms with E-state index in [9.17, 15) is 4.79 Å². The summed E-state index contributed by atoms with van der Waals surface area (Å²) < 4.78 is 1.82. The molecule has 0 aliphatic carbocycles. The van der Waals surface area contributed by atoms with Gasteiger partial charge in [-0.2, -0.15) is 0 Å². The highest BCUT2D eigenvalue weighted by Gasteiger charge is 2.18. The van der Waals surface area contributed by atoms with Crippen LogP contribution in [-0.4, -0.2) is 80.6 Å². The lowest BCUT2D eigenvalue weighted by atomic mass is 10.3. The quantitative estimate of drug-likeness (QED) is 0.374. The van der Waals surface area contributed by atoms with E-state index in [0.29, 0.717) is 16.7 Å². The summed E-state index contributed by atoms with van der Waals surface area (Å²) in [4.78, 5) is 25.5. The Morgan fingerprint density at radius 2 is 1.94 bits per heavy atom. The second kappa shape index (κ2) is 11.3. The molecule has 0 spiro atoms. The van der Waals surface area contributed by atoms with Crippen LogP contribution in [0.5, 0.6) is 0 Å². The zero-order valence-electron chi connectivity index (χ0n) is 17.6. The van der Waals surface area contributed by atoms with Crippen LogP contribution in [0.3, 0.4) is 0 Å². The van der Waals surface area contributed by atoms with Crippen molar-refractivity contribution in [3.05, 3.63) is 54.1 Å². The topological polar surface area (TPSA) is 92.1 Å². The molecule has 168 valence electrons. The Morgan fingerprint density at radius 3 is 2.72 bits per heavy atom. The van der Waals surface area contributed by atoms with Gasteiger partial charge in [-0.25, -0.2) is 9.97 Å². The van der Waals surface area contributed by atoms with E-state index in [-0.39, 0.29) is 11.7 Å². The highest BCUT2D eigenvalue weighted by Crippen LogP contribution is 2.21. The largest absolute Gasteiger partial charge is 0.355 e. The van der Waals surface area contributed by atoms with E-state index in [1.165, 1.54) is 11.8 Å². The molecule has 3 heterocycles. The summed E-state index contributed by atoms with van der Waals surface area (Å²) in [6.07, 6.45) is 6.08. The van der Waals surface area contributed by atoms with Crippen LogP contribution in [0.25, 0.3) is 5.69 Å². The molecule has 1 aliphatic heterocycles. The van der Waals surface area contributed by atoms with E-state index >= 15 is 0 Å². The molecule has 2 aromatic heterocycles. The summed E-state index contributed by atoms with van der Waals surface area (Å²) in [7, 11) is 0. The van der Waals surface area contributed by atoms with Crippen LogP contribution in [0, 0.1) is 0 Å². The molecule has 0 unspecified atom stereocenters. The maximum Gasteiger partial charge on any atom is 0.230 e. The standard InChI is InChI=1S/C21H25ClN8OS/c22-17-4-1-5-18(14-17)30-16-26-27-21(30)32-15-19(31)23-8-3-9-28-10-12-29(13-11-28)20-24-6-2-7-25-20/h1-2,4-7,14,16H,3,8-13,15H2,(H,23,31). The summed E-state index contributed by atoms with van der Waals surface area (Å²) in [6.45, 7) is 5.39. The minimum Gasteiger partial charge on any atom is -0.355 e. The molecule has 1 aromatic carbocycles. The van der Waals surface area contributed by atoms with Crippen molar-refractivity contribution in [1.29, 1.82) is 0 Å². The predicted molar refractivity (Wildman–Crippen MR) is 125 cm³/mol. The Morgan fingerprint density at radius 1 is 1.12 bits per heavy atom. The number of nitrogens with zero attached hydrogens (tertiary/aromatic N) is 7. The first kappa shape index (κ1) is 22.5. The molecule has 4 rings (SSSR count). The van der Waals surface area contributed by atoms with E-state index < -0.39 is 0 Å². The molecule has 1 saturated heterocycles. The molecule has 3 aromatic rings. The number of benzene rings is 1. The number of aromatic nitrogens is 5. The van der Waals surface area contributed by atoms with Crippen molar-refractivity contribution in [1.82, 2.24) is 34.9 Å². The molecular weight excluding hydrogens is 448 g/mol. The Bertz CT molecular complexity index is 1010. The highest BCUT2D eigenvalue weighted by atomic mass is 35.5. The van der Waals surface area contributed by atoms with Crippen LogP contribution in [-0.2, 0) is 4.79 Å². The first-order valence-electron chi connectivity index (χ1n) is 10.5. The molecule has 32 heavy (non-hydrogen) atoms. The number of thioether (sulfide) groups is 1. The van der Waals surface area contributed by atoms with E-state index in [1.54, 1.807) is 18.7 Å². The second-order valence-electron chi connectivity index (χ2n) is 7.33. The van der Waals surface area contributed by atoms with Gasteiger partial charge < -0.3 is 10.2 Å². The van der Waals surface area contributed by atoms with E-state index in [0.717, 1.165) is 50.8 Å². The van der Waals surface area contributed by atoms with Crippen LogP contribution in [0.2, 0.25) is 5.02 Å². The molecule has 0 bridgehead atoms. The van der Waals surface area contributed by atoms with Gasteiger partial charge in [-0.15, -0.1) is 10.2 Å². The van der Waals surface area contributed by atoms with Crippen LogP contribution in [0.15, 0.2) is 54.2 Å². The van der Waals surface area contributed by atoms with Gasteiger partial charge >= 0.3 is 0 Å². The Hall–Kier alpha value is -2.69. The van der Waals surface area contributed by atoms with Gasteiger partial charge in [-0.1, -0.05) is 29.4 Å². The first-order chi connectivity index (χ1) is 15.7. The molecule has 1 aliphatic rings. The van der Waals surface area contributed by atoms with E-state index in [4.69, 9.17) is 11.6 Å². The maximum absolute atomic E-state index is 12.2. The molecule has 1 amide bonds. The zero-order valence-corrected chi connectivity index (χ0v) is 19.2. The van der Waals surface area contributed by atoms with Crippen molar-refractivity contribution in [2.75, 3.05) is 49.9 Å². The molecular formula is C21H25ClN8OS. The second-order valence-corrected chi connectivity index (χ2v) is 8.71. The number of hydrogen-bond acceptors (Lipinski definition) is 8.